The molecule has 0 heterocycles. The monoisotopic (exact) mass is 668 g/mol. The number of rotatable bonds is 9. The van der Waals surface area contributed by atoms with Crippen molar-refractivity contribution in [3.63, 3.8) is 0 Å². The Morgan fingerprint density at radius 2 is 1.23 bits per heavy atom. The summed E-state index contributed by atoms with van der Waals surface area (Å²) in [4.78, 5) is 0. The summed E-state index contributed by atoms with van der Waals surface area (Å²) in [5, 5.41) is -0.498. The van der Waals surface area contributed by atoms with Crippen molar-refractivity contribution in [1.82, 2.24) is 0 Å². The number of hydrogen-bond donors (Lipinski definition) is 0. The zero-order chi connectivity index (χ0) is 33.9. The summed E-state index contributed by atoms with van der Waals surface area (Å²) in [5.41, 5.74) is 2.30. The Labute approximate surface area is 274 Å². The van der Waals surface area contributed by atoms with Gasteiger partial charge < -0.3 is 9.47 Å². The lowest BCUT2D eigenvalue weighted by Crippen LogP contribution is -2.07. The van der Waals surface area contributed by atoms with Gasteiger partial charge in [0.25, 0.3) is 0 Å². The van der Waals surface area contributed by atoms with Gasteiger partial charge in [-0.25, -0.2) is 0 Å². The lowest BCUT2D eigenvalue weighted by Gasteiger charge is -2.24. The molecule has 5 aromatic carbocycles. The fraction of sp³-hybridized carbons (Fsp3) is 0.211. The van der Waals surface area contributed by atoms with Crippen LogP contribution in [-0.2, 0) is 18.8 Å². The maximum absolute atomic E-state index is 14.1. The van der Waals surface area contributed by atoms with Gasteiger partial charge in [-0.2, -0.15) is 26.3 Å². The number of ether oxygens (including phenoxy) is 2. The first-order valence-corrected chi connectivity index (χ1v) is 15.3. The average molecular weight is 669 g/mol. The van der Waals surface area contributed by atoms with Gasteiger partial charge in [0, 0.05) is 11.1 Å². The van der Waals surface area contributed by atoms with Crippen molar-refractivity contribution in [1.29, 1.82) is 0 Å². The molecule has 244 valence electrons. The fourth-order valence-corrected chi connectivity index (χ4v) is 5.89. The van der Waals surface area contributed by atoms with Crippen molar-refractivity contribution in [3.8, 4) is 56.0 Å². The van der Waals surface area contributed by atoms with Crippen molar-refractivity contribution in [2.75, 3.05) is 14.2 Å². The molecule has 0 amide bonds. The Kier molecular flexibility index (Phi) is 9.92. The molecule has 0 saturated carbocycles. The van der Waals surface area contributed by atoms with Crippen LogP contribution < -0.4 is 9.47 Å². The molecule has 0 bridgehead atoms. The van der Waals surface area contributed by atoms with Crippen molar-refractivity contribution < 1.29 is 35.8 Å². The summed E-state index contributed by atoms with van der Waals surface area (Å²) < 4.78 is 95.6. The third-order valence-corrected chi connectivity index (χ3v) is 8.32. The molecule has 0 saturated heterocycles. The smallest absolute Gasteiger partial charge is 0.417 e. The third-order valence-electron chi connectivity index (χ3n) is 7.99. The SMILES string of the molecule is CCCCc1ccc(-c2c(-c3cccc(OC)c3)cc(-c3ccc(Cl)c(C(F)(F)F)c3)c(-c3cccc(C(F)(F)F)c3)c2OC)cc1. The molecule has 0 aliphatic rings. The van der Waals surface area contributed by atoms with Gasteiger partial charge in [-0.15, -0.1) is 0 Å². The molecule has 9 heteroatoms. The highest BCUT2D eigenvalue weighted by molar-refractivity contribution is 6.31. The van der Waals surface area contributed by atoms with Gasteiger partial charge in [0.15, 0.2) is 0 Å². The van der Waals surface area contributed by atoms with Gasteiger partial charge >= 0.3 is 12.4 Å². The largest absolute Gasteiger partial charge is 0.497 e. The van der Waals surface area contributed by atoms with E-state index in [4.69, 9.17) is 21.1 Å². The minimum atomic E-state index is -4.78. The van der Waals surface area contributed by atoms with Gasteiger partial charge in [0.2, 0.25) is 0 Å². The zero-order valence-corrected chi connectivity index (χ0v) is 26.6. The van der Waals surface area contributed by atoms with E-state index in [2.05, 4.69) is 6.92 Å². The molecule has 0 aromatic heterocycles. The first-order valence-electron chi connectivity index (χ1n) is 14.9. The van der Waals surface area contributed by atoms with E-state index in [1.807, 2.05) is 30.3 Å². The molecule has 0 spiro atoms. The van der Waals surface area contributed by atoms with Crippen molar-refractivity contribution >= 4 is 11.6 Å². The van der Waals surface area contributed by atoms with Crippen LogP contribution in [0.4, 0.5) is 26.3 Å². The molecule has 0 unspecified atom stereocenters. The molecule has 5 aromatic rings. The normalized spacial score (nSPS) is 11.9. The van der Waals surface area contributed by atoms with E-state index in [1.54, 1.807) is 24.3 Å². The summed E-state index contributed by atoms with van der Waals surface area (Å²) in [6.45, 7) is 2.11. The van der Waals surface area contributed by atoms with Gasteiger partial charge in [-0.3, -0.25) is 0 Å². The van der Waals surface area contributed by atoms with E-state index < -0.39 is 28.5 Å². The lowest BCUT2D eigenvalue weighted by molar-refractivity contribution is -0.138. The maximum atomic E-state index is 14.1. The Balaban J connectivity index is 1.93. The van der Waals surface area contributed by atoms with Gasteiger partial charge in [-0.05, 0) is 94.3 Å². The Morgan fingerprint density at radius 1 is 0.617 bits per heavy atom. The van der Waals surface area contributed by atoms with E-state index in [0.717, 1.165) is 49.1 Å². The van der Waals surface area contributed by atoms with Crippen LogP contribution in [-0.4, -0.2) is 14.2 Å². The Bertz CT molecular complexity index is 1880. The maximum Gasteiger partial charge on any atom is 0.417 e. The highest BCUT2D eigenvalue weighted by Crippen LogP contribution is 2.52. The van der Waals surface area contributed by atoms with Crippen LogP contribution in [0.5, 0.6) is 11.5 Å². The van der Waals surface area contributed by atoms with Gasteiger partial charge in [0.05, 0.1) is 30.4 Å². The molecule has 0 radical (unpaired) electrons. The predicted octanol–water partition coefficient (Wildman–Crippen LogP) is 12.4. The molecule has 5 rings (SSSR count). The van der Waals surface area contributed by atoms with Crippen LogP contribution in [0.3, 0.4) is 0 Å². The number of alkyl halides is 6. The average Bonchev–Trinajstić information content (AvgIpc) is 3.06. The second-order valence-corrected chi connectivity index (χ2v) is 11.5. The topological polar surface area (TPSA) is 18.5 Å². The van der Waals surface area contributed by atoms with Crippen LogP contribution in [0, 0.1) is 0 Å². The van der Waals surface area contributed by atoms with Gasteiger partial charge in [-0.1, -0.05) is 79.5 Å². The van der Waals surface area contributed by atoms with E-state index in [9.17, 15) is 26.3 Å². The highest BCUT2D eigenvalue weighted by Gasteiger charge is 2.35. The molecule has 0 N–H and O–H groups in total. The number of unbranched alkanes of at least 4 members (excludes halogenated alkanes) is 1. The molecule has 47 heavy (non-hydrogen) atoms. The molecule has 0 fully saturated rings. The van der Waals surface area contributed by atoms with Crippen LogP contribution in [0.2, 0.25) is 5.02 Å². The zero-order valence-electron chi connectivity index (χ0n) is 25.8. The standard InChI is InChI=1S/C38H31ClF6O2/c1-4-5-8-23-13-15-24(16-14-23)34-30(25-9-7-12-29(20-25)46-2)22-31(26-17-18-33(39)32(21-26)38(43,44)45)35(36(34)47-3)27-10-6-11-28(19-27)37(40,41)42/h6-7,9-22H,4-5,8H2,1-3H3. The molecular weight excluding hydrogens is 638 g/mol. The summed E-state index contributed by atoms with van der Waals surface area (Å²) in [7, 11) is 2.91. The number of benzene rings is 5. The fourth-order valence-electron chi connectivity index (χ4n) is 5.66. The Hall–Kier alpha value is -4.43. The molecular formula is C38H31ClF6O2. The van der Waals surface area contributed by atoms with Crippen molar-refractivity contribution in [3.05, 3.63) is 119 Å². The second-order valence-electron chi connectivity index (χ2n) is 11.1. The number of aryl methyl sites for hydroxylation is 1. The quantitative estimate of drug-likeness (QED) is 0.146. The molecule has 2 nitrogen and oxygen atoms in total. The van der Waals surface area contributed by atoms with E-state index in [-0.39, 0.29) is 28.0 Å². The minimum Gasteiger partial charge on any atom is -0.497 e. The third kappa shape index (κ3) is 7.28. The summed E-state index contributed by atoms with van der Waals surface area (Å²) >= 11 is 5.98. The highest BCUT2D eigenvalue weighted by atomic mass is 35.5. The van der Waals surface area contributed by atoms with Crippen molar-refractivity contribution in [2.45, 2.75) is 38.5 Å². The summed E-state index contributed by atoms with van der Waals surface area (Å²) in [6.07, 6.45) is -6.53. The number of halogens is 7. The predicted molar refractivity (Wildman–Crippen MR) is 175 cm³/mol. The minimum absolute atomic E-state index is 0.0954. The van der Waals surface area contributed by atoms with Crippen LogP contribution in [0.25, 0.3) is 44.5 Å². The van der Waals surface area contributed by atoms with Gasteiger partial charge in [0.1, 0.15) is 11.5 Å². The van der Waals surface area contributed by atoms with Crippen LogP contribution in [0.1, 0.15) is 36.5 Å². The first-order chi connectivity index (χ1) is 22.3. The first kappa shape index (κ1) is 33.9. The molecule has 0 atom stereocenters. The summed E-state index contributed by atoms with van der Waals surface area (Å²) in [5.74, 6) is 0.737. The lowest BCUT2D eigenvalue weighted by atomic mass is 9.83. The van der Waals surface area contributed by atoms with Crippen molar-refractivity contribution in [2.24, 2.45) is 0 Å². The number of methoxy groups -OCH3 is 2. The molecule has 0 aliphatic carbocycles. The Morgan fingerprint density at radius 3 is 1.85 bits per heavy atom. The van der Waals surface area contributed by atoms with E-state index in [0.29, 0.717) is 28.0 Å². The van der Waals surface area contributed by atoms with E-state index in [1.165, 1.54) is 32.4 Å². The molecule has 0 aliphatic heterocycles. The summed E-state index contributed by atoms with van der Waals surface area (Å²) in [6, 6.07) is 24.8. The second kappa shape index (κ2) is 13.7. The number of hydrogen-bond acceptors (Lipinski definition) is 2. The van der Waals surface area contributed by atoms with Crippen LogP contribution in [0.15, 0.2) is 97.1 Å². The van der Waals surface area contributed by atoms with Crippen LogP contribution >= 0.6 is 11.6 Å². The van der Waals surface area contributed by atoms with E-state index >= 15 is 0 Å².